The Morgan fingerprint density at radius 3 is 2.03 bits per heavy atom. The van der Waals surface area contributed by atoms with Crippen LogP contribution in [0.3, 0.4) is 0 Å². The first-order valence-electron chi connectivity index (χ1n) is 25.3. The number of rotatable bonds is 10. The zero-order valence-corrected chi connectivity index (χ0v) is 37.6. The molecule has 0 radical (unpaired) electrons. The Kier molecular flexibility index (Phi) is 5.51. The van der Waals surface area contributed by atoms with Gasteiger partial charge in [-0.25, -0.2) is 0 Å². The highest BCUT2D eigenvalue weighted by molar-refractivity contribution is 6.59. The predicted molar refractivity (Wildman–Crippen MR) is 279 cm³/mol. The van der Waals surface area contributed by atoms with E-state index in [2.05, 4.69) is 125 Å². The van der Waals surface area contributed by atoms with Gasteiger partial charge in [0.15, 0.2) is 0 Å². The third-order valence-corrected chi connectivity index (χ3v) is 19.8. The van der Waals surface area contributed by atoms with E-state index < -0.39 is 0 Å². The second-order valence-electron chi connectivity index (χ2n) is 22.2. The van der Waals surface area contributed by atoms with Crippen molar-refractivity contribution in [2.45, 2.75) is 31.2 Å². The molecule has 0 bridgehead atoms. The van der Waals surface area contributed by atoms with Crippen LogP contribution in [0.5, 0.6) is 0 Å². The van der Waals surface area contributed by atoms with Gasteiger partial charge < -0.3 is 14.4 Å². The van der Waals surface area contributed by atoms with E-state index in [0.29, 0.717) is 37.6 Å². The van der Waals surface area contributed by atoms with Crippen LogP contribution in [0.4, 0.5) is 17.1 Å². The summed E-state index contributed by atoms with van der Waals surface area (Å²) in [5.74, 6) is 1.26. The number of likely N-dealkylation sites (tertiary alicyclic amines) is 1. The fourth-order valence-corrected chi connectivity index (χ4v) is 18.2. The van der Waals surface area contributed by atoms with Crippen molar-refractivity contribution >= 4 is 137 Å². The Labute approximate surface area is 389 Å². The van der Waals surface area contributed by atoms with E-state index >= 15 is 0 Å². The predicted octanol–water partition coefficient (Wildman–Crippen LogP) is 11.3. The van der Waals surface area contributed by atoms with Gasteiger partial charge in [-0.05, 0) is 220 Å². The second kappa shape index (κ2) is 10.9. The van der Waals surface area contributed by atoms with E-state index in [0.717, 1.165) is 25.9 Å². The first-order valence-corrected chi connectivity index (χ1v) is 25.3. The molecule has 4 heteroatoms. The SMILES string of the molecule is COCCOCCN1CC23CC4C=c5cc6cc7cc8cc9c%10c%11c%12c(c%13c%14c%15c(c5c5c6c7c6c8c%10c(c%12%14)c6c%155)C4C=%132)=C(CC=%11C9)C3C1c1ccc(N(c2ccccc2)c2ccccc2)cc1. The van der Waals surface area contributed by atoms with Crippen molar-refractivity contribution in [2.75, 3.05) is 44.9 Å². The van der Waals surface area contributed by atoms with Crippen LogP contribution in [0.1, 0.15) is 41.5 Å². The quantitative estimate of drug-likeness (QED) is 0.101. The van der Waals surface area contributed by atoms with Crippen LogP contribution in [0.15, 0.2) is 109 Å². The summed E-state index contributed by atoms with van der Waals surface area (Å²) in [6, 6.07) is 42.3. The zero-order chi connectivity index (χ0) is 43.4. The van der Waals surface area contributed by atoms with Crippen LogP contribution in [0, 0.1) is 17.3 Å². The monoisotopic (exact) mass is 870 g/mol. The molecule has 13 aromatic carbocycles. The molecule has 5 atom stereocenters. The number of fused-ring (bicyclic) bond motifs is 1. The molecule has 6 aliphatic carbocycles. The molecule has 1 heterocycles. The van der Waals surface area contributed by atoms with Gasteiger partial charge in [0.2, 0.25) is 0 Å². The van der Waals surface area contributed by atoms with Crippen molar-refractivity contribution in [1.29, 1.82) is 0 Å². The number of hydrogen-bond acceptors (Lipinski definition) is 4. The molecule has 0 aromatic heterocycles. The molecule has 7 aliphatic rings. The normalized spacial score (nSPS) is 24.1. The Hall–Kier alpha value is -6.82. The van der Waals surface area contributed by atoms with E-state index in [1.165, 1.54) is 50.4 Å². The summed E-state index contributed by atoms with van der Waals surface area (Å²) < 4.78 is 11.9. The minimum absolute atomic E-state index is 0.0140. The second-order valence-corrected chi connectivity index (χ2v) is 22.2. The minimum atomic E-state index is 0.0140. The van der Waals surface area contributed by atoms with E-state index in [1.54, 1.807) is 126 Å². The Balaban J connectivity index is 0.912. The number of ether oxygens (including phenoxy) is 2. The molecule has 0 N–H and O–H groups in total. The maximum absolute atomic E-state index is 6.42. The molecule has 4 nitrogen and oxygen atoms in total. The van der Waals surface area contributed by atoms with Crippen molar-refractivity contribution in [2.24, 2.45) is 17.3 Å². The molecule has 5 unspecified atom stereocenters. The number of hydrogen-bond donors (Lipinski definition) is 0. The van der Waals surface area contributed by atoms with Crippen molar-refractivity contribution in [3.63, 3.8) is 0 Å². The third kappa shape index (κ3) is 3.36. The molecule has 13 aromatic rings. The minimum Gasteiger partial charge on any atom is -0.382 e. The molecule has 1 spiro atoms. The summed E-state index contributed by atoms with van der Waals surface area (Å²) in [6.07, 6.45) is 6.18. The molecule has 1 saturated heterocycles. The van der Waals surface area contributed by atoms with E-state index in [4.69, 9.17) is 9.47 Å². The Bertz CT molecular complexity index is 4670. The van der Waals surface area contributed by atoms with Crippen LogP contribution in [-0.4, -0.2) is 44.9 Å². The average molecular weight is 871 g/mol. The lowest BCUT2D eigenvalue weighted by atomic mass is 9.61. The van der Waals surface area contributed by atoms with Gasteiger partial charge in [-0.2, -0.15) is 0 Å². The topological polar surface area (TPSA) is 24.9 Å². The van der Waals surface area contributed by atoms with Gasteiger partial charge in [0, 0.05) is 60.6 Å². The van der Waals surface area contributed by atoms with Gasteiger partial charge in [0.25, 0.3) is 0 Å². The Morgan fingerprint density at radius 2 is 1.25 bits per heavy atom. The number of para-hydroxylation sites is 2. The largest absolute Gasteiger partial charge is 0.382 e. The molecule has 68 heavy (non-hydrogen) atoms. The molecule has 1 aliphatic heterocycles. The summed E-state index contributed by atoms with van der Waals surface area (Å²) in [6.45, 7) is 3.92. The third-order valence-electron chi connectivity index (χ3n) is 19.8. The van der Waals surface area contributed by atoms with Crippen LogP contribution in [0.25, 0.3) is 120 Å². The first kappa shape index (κ1) is 34.5. The fourth-order valence-electron chi connectivity index (χ4n) is 18.2. The van der Waals surface area contributed by atoms with Gasteiger partial charge in [-0.15, -0.1) is 0 Å². The first-order chi connectivity index (χ1) is 33.7. The number of methoxy groups -OCH3 is 1. The fraction of sp³-hybridized carbons (Fsp3) is 0.219. The number of nitrogens with zero attached hydrogens (tertiary/aromatic N) is 2. The maximum Gasteiger partial charge on any atom is 0.0700 e. The van der Waals surface area contributed by atoms with Gasteiger partial charge in [-0.1, -0.05) is 71.8 Å². The summed E-state index contributed by atoms with van der Waals surface area (Å²) >= 11 is 0. The van der Waals surface area contributed by atoms with Gasteiger partial charge >= 0.3 is 0 Å². The van der Waals surface area contributed by atoms with Crippen LogP contribution in [-0.2, 0) is 15.9 Å². The van der Waals surface area contributed by atoms with Crippen LogP contribution < -0.4 is 25.8 Å². The Morgan fingerprint density at radius 1 is 0.588 bits per heavy atom. The zero-order valence-electron chi connectivity index (χ0n) is 37.6. The standard InChI is InChI=1S/C64H42N2O2/c1-67-18-19-68-17-16-65-28-64-27-36-25-34-23-31-20-30-21-33-22-32-24-35-26-40(61(64)63(65)29-12-14-39(15-13-29)66(37-8-4-2-5-9-37)38-10-6-3-7-11-38)48-53-44(35)43(32)50-45(33)49-41(30)42(31)51-46(34)52-47(36)62(64)60(48)59-57(52)55(51)54(49)56(50)58(53)59/h2-15,20-23,25,36,47,61,63H,16-19,24,26-28H2,1H3. The van der Waals surface area contributed by atoms with E-state index in [9.17, 15) is 0 Å². The van der Waals surface area contributed by atoms with E-state index in [-0.39, 0.29) is 11.5 Å². The summed E-state index contributed by atoms with van der Waals surface area (Å²) in [7, 11) is 1.78. The summed E-state index contributed by atoms with van der Waals surface area (Å²) in [4.78, 5) is 5.32. The molecule has 2 fully saturated rings. The highest BCUT2D eigenvalue weighted by Gasteiger charge is 2.65. The van der Waals surface area contributed by atoms with Crippen molar-refractivity contribution in [3.8, 4) is 0 Å². The van der Waals surface area contributed by atoms with Crippen LogP contribution in [0.2, 0.25) is 0 Å². The lowest BCUT2D eigenvalue weighted by molar-refractivity contribution is 0.0538. The van der Waals surface area contributed by atoms with Gasteiger partial charge in [0.05, 0.1) is 19.8 Å². The highest BCUT2D eigenvalue weighted by atomic mass is 16.5. The molecule has 20 rings (SSSR count). The average Bonchev–Trinajstić information content (AvgIpc) is 4.24. The number of anilines is 3. The lowest BCUT2D eigenvalue weighted by Gasteiger charge is -2.41. The number of benzene rings is 9. The molecular formula is C64H42N2O2. The highest BCUT2D eigenvalue weighted by Crippen LogP contribution is 2.73. The smallest absolute Gasteiger partial charge is 0.0700 e. The lowest BCUT2D eigenvalue weighted by Crippen LogP contribution is -2.47. The van der Waals surface area contributed by atoms with Gasteiger partial charge in [0.1, 0.15) is 0 Å². The van der Waals surface area contributed by atoms with E-state index in [1.807, 2.05) is 5.57 Å². The van der Waals surface area contributed by atoms with Gasteiger partial charge in [-0.3, -0.25) is 4.90 Å². The maximum atomic E-state index is 6.42. The van der Waals surface area contributed by atoms with Crippen molar-refractivity contribution in [1.82, 2.24) is 4.90 Å². The van der Waals surface area contributed by atoms with Crippen molar-refractivity contribution in [3.05, 3.63) is 147 Å². The summed E-state index contributed by atoms with van der Waals surface area (Å²) in [5, 5.41) is 35.1. The molecule has 0 amide bonds. The van der Waals surface area contributed by atoms with Crippen LogP contribution >= 0.6 is 0 Å². The molecule has 320 valence electrons. The molecular weight excluding hydrogens is 829 g/mol. The summed E-state index contributed by atoms with van der Waals surface area (Å²) in [5.41, 5.74) is 13.6. The molecule has 1 saturated carbocycles. The van der Waals surface area contributed by atoms with Crippen molar-refractivity contribution < 1.29 is 9.47 Å².